The van der Waals surface area contributed by atoms with Crippen LogP contribution in [0.1, 0.15) is 93.3 Å². The molecule has 0 aromatic heterocycles. The molecule has 0 saturated carbocycles. The summed E-state index contributed by atoms with van der Waals surface area (Å²) in [4.78, 5) is 27.0. The van der Waals surface area contributed by atoms with Gasteiger partial charge in [-0.25, -0.2) is 8.42 Å². The van der Waals surface area contributed by atoms with Crippen LogP contribution in [0.2, 0.25) is 0 Å². The topological polar surface area (TPSA) is 108 Å². The van der Waals surface area contributed by atoms with Crippen molar-refractivity contribution in [3.8, 4) is 0 Å². The van der Waals surface area contributed by atoms with Crippen LogP contribution in [0.5, 0.6) is 0 Å². The summed E-state index contributed by atoms with van der Waals surface area (Å²) in [7, 11) is -4.05. The van der Waals surface area contributed by atoms with Crippen LogP contribution >= 0.6 is 0 Å². The fourth-order valence-corrected chi connectivity index (χ4v) is 8.31. The third-order valence-electron chi connectivity index (χ3n) is 7.89. The van der Waals surface area contributed by atoms with Gasteiger partial charge in [0.05, 0.1) is 17.4 Å². The molecule has 0 radical (unpaired) electrons. The Morgan fingerprint density at radius 2 is 1.76 bits per heavy atom. The van der Waals surface area contributed by atoms with E-state index in [4.69, 9.17) is 0 Å². The lowest BCUT2D eigenvalue weighted by atomic mass is 9.86. The van der Waals surface area contributed by atoms with Crippen molar-refractivity contribution >= 4 is 21.8 Å². The number of hydrogen-bond donors (Lipinski definition) is 3. The van der Waals surface area contributed by atoms with Crippen LogP contribution in [-0.2, 0) is 32.6 Å². The third kappa shape index (κ3) is 7.19. The minimum absolute atomic E-state index is 0.0191. The first-order chi connectivity index (χ1) is 19.0. The maximum atomic E-state index is 14.1. The van der Waals surface area contributed by atoms with Gasteiger partial charge in [0.25, 0.3) is 0 Å². The van der Waals surface area contributed by atoms with Gasteiger partial charge in [0, 0.05) is 24.2 Å². The number of carbonyl (C=O) groups excluding carboxylic acids is 2. The molecule has 2 amide bonds. The number of aryl methyl sites for hydroxylation is 4. The first-order valence-corrected chi connectivity index (χ1v) is 16.0. The highest BCUT2D eigenvalue weighted by molar-refractivity contribution is 7.89. The Morgan fingerprint density at radius 3 is 2.39 bits per heavy atom. The number of sulfonamides is 1. The van der Waals surface area contributed by atoms with E-state index in [-0.39, 0.29) is 35.3 Å². The van der Waals surface area contributed by atoms with Gasteiger partial charge >= 0.3 is 0 Å². The van der Waals surface area contributed by atoms with E-state index in [9.17, 15) is 18.0 Å². The molecule has 0 spiro atoms. The number of rotatable bonds is 7. The molecule has 1 fully saturated rings. The normalized spacial score (nSPS) is 21.2. The quantitative estimate of drug-likeness (QED) is 0.450. The summed E-state index contributed by atoms with van der Waals surface area (Å²) in [6, 6.07) is 8.76. The third-order valence-corrected chi connectivity index (χ3v) is 10.1. The Kier molecular flexibility index (Phi) is 8.75. The van der Waals surface area contributed by atoms with Gasteiger partial charge in [-0.2, -0.15) is 4.31 Å². The molecule has 2 atom stereocenters. The van der Waals surface area contributed by atoms with Crippen LogP contribution in [0, 0.1) is 20.8 Å². The van der Waals surface area contributed by atoms with Crippen molar-refractivity contribution in [3.05, 3.63) is 63.7 Å². The molecule has 2 aromatic rings. The Hall–Kier alpha value is -2.75. The molecule has 2 aromatic carbocycles. The standard InChI is InChI=1S/C32H46N4O4S/c1-20-14-21(2)29(22(3)15-20)41(39,40)36-19-32(7,8)35-30(38)27(36)17-28(37)34-26-11-9-10-24-16-23(12-13-25(24)26)18-33-31(4,5)6/h12-16,26-27,33H,9-11,17-19H2,1-8H3,(H,34,37)(H,35,38)/t26-,27?/m1/s1. The maximum Gasteiger partial charge on any atom is 0.244 e. The monoisotopic (exact) mass is 582 g/mol. The largest absolute Gasteiger partial charge is 0.349 e. The molecule has 4 rings (SSSR count). The Bertz CT molecular complexity index is 1420. The van der Waals surface area contributed by atoms with E-state index in [1.165, 1.54) is 15.4 Å². The van der Waals surface area contributed by atoms with Gasteiger partial charge < -0.3 is 16.0 Å². The molecule has 9 heteroatoms. The molecule has 1 aliphatic heterocycles. The summed E-state index contributed by atoms with van der Waals surface area (Å²) in [6.45, 7) is 16.3. The number of benzene rings is 2. The van der Waals surface area contributed by atoms with E-state index < -0.39 is 27.5 Å². The number of fused-ring (bicyclic) bond motifs is 1. The molecule has 1 aliphatic carbocycles. The summed E-state index contributed by atoms with van der Waals surface area (Å²) in [5.41, 5.74) is 4.99. The van der Waals surface area contributed by atoms with Crippen molar-refractivity contribution in [2.45, 2.75) is 116 Å². The zero-order valence-corrected chi connectivity index (χ0v) is 26.6. The molecule has 2 aliphatic rings. The van der Waals surface area contributed by atoms with Crippen molar-refractivity contribution in [3.63, 3.8) is 0 Å². The second-order valence-electron chi connectivity index (χ2n) is 13.5. The van der Waals surface area contributed by atoms with Gasteiger partial charge in [-0.05, 0) is 102 Å². The number of nitrogens with one attached hydrogen (secondary N) is 3. The highest BCUT2D eigenvalue weighted by Crippen LogP contribution is 2.33. The van der Waals surface area contributed by atoms with Crippen molar-refractivity contribution in [1.29, 1.82) is 0 Å². The molecule has 0 bridgehead atoms. The van der Waals surface area contributed by atoms with Gasteiger partial charge in [0.2, 0.25) is 21.8 Å². The number of hydrogen-bond acceptors (Lipinski definition) is 5. The van der Waals surface area contributed by atoms with E-state index in [2.05, 4.69) is 54.9 Å². The maximum absolute atomic E-state index is 14.1. The predicted octanol–water partition coefficient (Wildman–Crippen LogP) is 4.35. The summed E-state index contributed by atoms with van der Waals surface area (Å²) in [5.74, 6) is -0.791. The van der Waals surface area contributed by atoms with Crippen molar-refractivity contribution in [1.82, 2.24) is 20.3 Å². The zero-order chi connectivity index (χ0) is 30.3. The average Bonchev–Trinajstić information content (AvgIpc) is 2.82. The summed E-state index contributed by atoms with van der Waals surface area (Å²) in [5, 5.41) is 9.57. The van der Waals surface area contributed by atoms with Gasteiger partial charge in [-0.1, -0.05) is 35.9 Å². The van der Waals surface area contributed by atoms with Gasteiger partial charge in [0.15, 0.2) is 0 Å². The van der Waals surface area contributed by atoms with Crippen LogP contribution < -0.4 is 16.0 Å². The number of nitrogens with zero attached hydrogens (tertiary/aromatic N) is 1. The van der Waals surface area contributed by atoms with Crippen LogP contribution in [0.4, 0.5) is 0 Å². The number of carbonyl (C=O) groups is 2. The van der Waals surface area contributed by atoms with E-state index >= 15 is 0 Å². The Morgan fingerprint density at radius 1 is 1.10 bits per heavy atom. The summed E-state index contributed by atoms with van der Waals surface area (Å²) in [6.07, 6.45) is 2.45. The van der Waals surface area contributed by atoms with Gasteiger partial charge in [-0.3, -0.25) is 9.59 Å². The van der Waals surface area contributed by atoms with E-state index in [0.29, 0.717) is 11.1 Å². The minimum atomic E-state index is -4.05. The van der Waals surface area contributed by atoms with Gasteiger partial charge in [0.1, 0.15) is 6.04 Å². The molecule has 224 valence electrons. The fraction of sp³-hybridized carbons (Fsp3) is 0.562. The second-order valence-corrected chi connectivity index (χ2v) is 15.3. The number of piperazine rings is 1. The first-order valence-electron chi connectivity index (χ1n) is 14.5. The van der Waals surface area contributed by atoms with Crippen LogP contribution in [0.25, 0.3) is 0 Å². The van der Waals surface area contributed by atoms with Crippen molar-refractivity contribution in [2.24, 2.45) is 0 Å². The van der Waals surface area contributed by atoms with Crippen molar-refractivity contribution in [2.75, 3.05) is 6.54 Å². The molecule has 3 N–H and O–H groups in total. The lowest BCUT2D eigenvalue weighted by molar-refractivity contribution is -0.134. The zero-order valence-electron chi connectivity index (χ0n) is 25.8. The minimum Gasteiger partial charge on any atom is -0.349 e. The average molecular weight is 583 g/mol. The lowest BCUT2D eigenvalue weighted by Gasteiger charge is -2.43. The van der Waals surface area contributed by atoms with Crippen molar-refractivity contribution < 1.29 is 18.0 Å². The van der Waals surface area contributed by atoms with Crippen LogP contribution in [-0.4, -0.2) is 48.2 Å². The molecular formula is C32H46N4O4S. The van der Waals surface area contributed by atoms with Crippen LogP contribution in [0.3, 0.4) is 0 Å². The van der Waals surface area contributed by atoms with Crippen LogP contribution in [0.15, 0.2) is 35.2 Å². The highest BCUT2D eigenvalue weighted by atomic mass is 32.2. The molecule has 1 heterocycles. The van der Waals surface area contributed by atoms with Gasteiger partial charge in [-0.15, -0.1) is 0 Å². The summed E-state index contributed by atoms with van der Waals surface area (Å²) < 4.78 is 29.4. The van der Waals surface area contributed by atoms with E-state index in [0.717, 1.165) is 36.9 Å². The Balaban J connectivity index is 1.56. The SMILES string of the molecule is Cc1cc(C)c(S(=O)(=O)N2CC(C)(C)NC(=O)C2CC(=O)N[C@@H]2CCCc3cc(CNC(C)(C)C)ccc32)c(C)c1. The first kappa shape index (κ1) is 31.2. The van der Waals surface area contributed by atoms with E-state index in [1.807, 2.05) is 19.1 Å². The fourth-order valence-electron chi connectivity index (χ4n) is 6.15. The lowest BCUT2D eigenvalue weighted by Crippen LogP contribution is -2.66. The predicted molar refractivity (Wildman–Crippen MR) is 162 cm³/mol. The molecule has 1 unspecified atom stereocenters. The summed E-state index contributed by atoms with van der Waals surface area (Å²) >= 11 is 0. The molecule has 1 saturated heterocycles. The number of amides is 2. The molecular weight excluding hydrogens is 536 g/mol. The molecule has 41 heavy (non-hydrogen) atoms. The second kappa shape index (κ2) is 11.5. The highest BCUT2D eigenvalue weighted by Gasteiger charge is 2.46. The Labute approximate surface area is 245 Å². The van der Waals surface area contributed by atoms with E-state index in [1.54, 1.807) is 27.7 Å². The molecule has 8 nitrogen and oxygen atoms in total. The smallest absolute Gasteiger partial charge is 0.244 e.